The molecule has 0 aliphatic heterocycles. The lowest BCUT2D eigenvalue weighted by Gasteiger charge is -2.21. The first-order valence-electron chi connectivity index (χ1n) is 5.31. The Balaban J connectivity index is 2.79. The third-order valence-corrected chi connectivity index (χ3v) is 3.17. The molecule has 3 heteroatoms. The average molecular weight is 272 g/mol. The average Bonchev–Trinajstić information content (AvgIpc) is 2.30. The minimum absolute atomic E-state index is 0.407. The molecule has 0 aliphatic carbocycles. The van der Waals surface area contributed by atoms with Crippen LogP contribution in [0.15, 0.2) is 24.3 Å². The fraction of sp³-hybridized carbons (Fsp3) is 0.500. The van der Waals surface area contributed by atoms with Crippen LogP contribution >= 0.6 is 15.9 Å². The summed E-state index contributed by atoms with van der Waals surface area (Å²) < 4.78 is 0. The van der Waals surface area contributed by atoms with Crippen molar-refractivity contribution in [1.82, 2.24) is 0 Å². The Morgan fingerprint density at radius 3 is 2.13 bits per heavy atom. The van der Waals surface area contributed by atoms with Crippen LogP contribution in [-0.4, -0.2) is 23.5 Å². The van der Waals surface area contributed by atoms with Gasteiger partial charge in [0.1, 0.15) is 0 Å². The van der Waals surface area contributed by atoms with Crippen molar-refractivity contribution >= 4 is 21.6 Å². The molecule has 0 fully saturated rings. The summed E-state index contributed by atoms with van der Waals surface area (Å²) in [6, 6.07) is 8.10. The number of hydrogen-bond donors (Lipinski definition) is 1. The van der Waals surface area contributed by atoms with Crippen molar-refractivity contribution in [1.29, 1.82) is 0 Å². The number of aliphatic hydroxyl groups excluding tert-OH is 1. The second-order valence-corrected chi connectivity index (χ2v) is 4.08. The lowest BCUT2D eigenvalue weighted by molar-refractivity contribution is 0.205. The summed E-state index contributed by atoms with van der Waals surface area (Å²) in [5.41, 5.74) is 2.17. The summed E-state index contributed by atoms with van der Waals surface area (Å²) in [6.07, 6.45) is -0.407. The Bertz CT molecular complexity index is 282. The molecule has 1 unspecified atom stereocenters. The number of aliphatic hydroxyl groups is 1. The highest BCUT2D eigenvalue weighted by molar-refractivity contribution is 9.09. The third-order valence-electron chi connectivity index (χ3n) is 2.55. The molecule has 0 saturated heterocycles. The zero-order valence-corrected chi connectivity index (χ0v) is 10.9. The van der Waals surface area contributed by atoms with Gasteiger partial charge in [-0.15, -0.1) is 0 Å². The van der Waals surface area contributed by atoms with Crippen molar-refractivity contribution in [3.63, 3.8) is 0 Å². The maximum absolute atomic E-state index is 9.61. The van der Waals surface area contributed by atoms with Gasteiger partial charge in [0.2, 0.25) is 0 Å². The SMILES string of the molecule is CCN(CC)c1ccc(C(O)CBr)cc1. The first-order valence-corrected chi connectivity index (χ1v) is 6.44. The maximum atomic E-state index is 9.61. The van der Waals surface area contributed by atoms with E-state index in [1.807, 2.05) is 12.1 Å². The second-order valence-electron chi connectivity index (χ2n) is 3.43. The van der Waals surface area contributed by atoms with Crippen LogP contribution in [0.5, 0.6) is 0 Å². The highest BCUT2D eigenvalue weighted by atomic mass is 79.9. The molecule has 15 heavy (non-hydrogen) atoms. The van der Waals surface area contributed by atoms with Gasteiger partial charge in [-0.3, -0.25) is 0 Å². The fourth-order valence-electron chi connectivity index (χ4n) is 1.59. The van der Waals surface area contributed by atoms with Crippen molar-refractivity contribution in [3.05, 3.63) is 29.8 Å². The van der Waals surface area contributed by atoms with E-state index in [2.05, 4.69) is 46.8 Å². The molecule has 0 amide bonds. The largest absolute Gasteiger partial charge is 0.388 e. The summed E-state index contributed by atoms with van der Waals surface area (Å²) in [5, 5.41) is 10.2. The van der Waals surface area contributed by atoms with Crippen LogP contribution in [0.4, 0.5) is 5.69 Å². The lowest BCUT2D eigenvalue weighted by atomic mass is 10.1. The molecule has 0 heterocycles. The Kier molecular flexibility index (Phi) is 5.12. The molecule has 84 valence electrons. The molecule has 0 spiro atoms. The van der Waals surface area contributed by atoms with Gasteiger partial charge in [-0.25, -0.2) is 0 Å². The first kappa shape index (κ1) is 12.5. The lowest BCUT2D eigenvalue weighted by Crippen LogP contribution is -2.21. The smallest absolute Gasteiger partial charge is 0.0886 e. The van der Waals surface area contributed by atoms with Crippen molar-refractivity contribution in [2.75, 3.05) is 23.3 Å². The van der Waals surface area contributed by atoms with Gasteiger partial charge in [-0.05, 0) is 31.5 Å². The zero-order chi connectivity index (χ0) is 11.3. The molecule has 1 rings (SSSR count). The molecule has 1 aromatic carbocycles. The minimum atomic E-state index is -0.407. The number of nitrogens with zero attached hydrogens (tertiary/aromatic N) is 1. The molecule has 1 aromatic rings. The van der Waals surface area contributed by atoms with Crippen LogP contribution in [0.3, 0.4) is 0 Å². The van der Waals surface area contributed by atoms with Gasteiger partial charge < -0.3 is 10.0 Å². The van der Waals surface area contributed by atoms with Gasteiger partial charge in [0, 0.05) is 24.1 Å². The number of halogens is 1. The fourth-order valence-corrected chi connectivity index (χ4v) is 1.96. The van der Waals surface area contributed by atoms with Gasteiger partial charge in [-0.2, -0.15) is 0 Å². The van der Waals surface area contributed by atoms with Gasteiger partial charge in [-0.1, -0.05) is 28.1 Å². The number of hydrogen-bond acceptors (Lipinski definition) is 2. The molecule has 0 aromatic heterocycles. The van der Waals surface area contributed by atoms with E-state index in [1.54, 1.807) is 0 Å². The summed E-state index contributed by atoms with van der Waals surface area (Å²) in [5.74, 6) is 0. The van der Waals surface area contributed by atoms with E-state index >= 15 is 0 Å². The molecular weight excluding hydrogens is 254 g/mol. The third kappa shape index (κ3) is 3.21. The first-order chi connectivity index (χ1) is 7.22. The summed E-state index contributed by atoms with van der Waals surface area (Å²) >= 11 is 3.27. The molecule has 0 radical (unpaired) electrons. The molecular formula is C12H18BrNO. The number of anilines is 1. The Morgan fingerprint density at radius 2 is 1.73 bits per heavy atom. The Morgan fingerprint density at radius 1 is 1.20 bits per heavy atom. The van der Waals surface area contributed by atoms with Crippen molar-refractivity contribution in [3.8, 4) is 0 Å². The topological polar surface area (TPSA) is 23.5 Å². The van der Waals surface area contributed by atoms with E-state index in [0.29, 0.717) is 5.33 Å². The van der Waals surface area contributed by atoms with E-state index in [9.17, 15) is 5.11 Å². The monoisotopic (exact) mass is 271 g/mol. The Labute approximate surface area is 100 Å². The highest BCUT2D eigenvalue weighted by Gasteiger charge is 2.06. The molecule has 1 N–H and O–H groups in total. The van der Waals surface area contributed by atoms with Crippen LogP contribution in [0.25, 0.3) is 0 Å². The minimum Gasteiger partial charge on any atom is -0.388 e. The van der Waals surface area contributed by atoms with Crippen molar-refractivity contribution in [2.45, 2.75) is 20.0 Å². The summed E-state index contributed by atoms with van der Waals surface area (Å²) in [6.45, 7) is 6.31. The van der Waals surface area contributed by atoms with Crippen LogP contribution in [-0.2, 0) is 0 Å². The van der Waals surface area contributed by atoms with Crippen LogP contribution in [0.1, 0.15) is 25.5 Å². The van der Waals surface area contributed by atoms with Gasteiger partial charge >= 0.3 is 0 Å². The normalized spacial score (nSPS) is 12.5. The van der Waals surface area contributed by atoms with Gasteiger partial charge in [0.25, 0.3) is 0 Å². The maximum Gasteiger partial charge on any atom is 0.0886 e. The molecule has 2 nitrogen and oxygen atoms in total. The van der Waals surface area contributed by atoms with Crippen molar-refractivity contribution < 1.29 is 5.11 Å². The molecule has 0 bridgehead atoms. The van der Waals surface area contributed by atoms with E-state index in [-0.39, 0.29) is 0 Å². The van der Waals surface area contributed by atoms with Crippen LogP contribution < -0.4 is 4.90 Å². The highest BCUT2D eigenvalue weighted by Crippen LogP contribution is 2.20. The predicted octanol–water partition coefficient (Wildman–Crippen LogP) is 2.96. The van der Waals surface area contributed by atoms with E-state index in [0.717, 1.165) is 18.7 Å². The van der Waals surface area contributed by atoms with Crippen molar-refractivity contribution in [2.24, 2.45) is 0 Å². The quantitative estimate of drug-likeness (QED) is 0.833. The van der Waals surface area contributed by atoms with E-state index in [1.165, 1.54) is 5.69 Å². The molecule has 0 aliphatic rings. The second kappa shape index (κ2) is 6.13. The summed E-state index contributed by atoms with van der Waals surface area (Å²) in [7, 11) is 0. The number of alkyl halides is 1. The van der Waals surface area contributed by atoms with Crippen LogP contribution in [0.2, 0.25) is 0 Å². The molecule has 0 saturated carbocycles. The zero-order valence-electron chi connectivity index (χ0n) is 9.28. The van der Waals surface area contributed by atoms with E-state index in [4.69, 9.17) is 0 Å². The van der Waals surface area contributed by atoms with Gasteiger partial charge in [0.05, 0.1) is 6.10 Å². The Hall–Kier alpha value is -0.540. The van der Waals surface area contributed by atoms with Gasteiger partial charge in [0.15, 0.2) is 0 Å². The summed E-state index contributed by atoms with van der Waals surface area (Å²) in [4.78, 5) is 2.28. The number of rotatable bonds is 5. The molecule has 1 atom stereocenters. The van der Waals surface area contributed by atoms with E-state index < -0.39 is 6.10 Å². The predicted molar refractivity (Wildman–Crippen MR) is 68.8 cm³/mol. The standard InChI is InChI=1S/C12H18BrNO/c1-3-14(4-2)11-7-5-10(6-8-11)12(15)9-13/h5-8,12,15H,3-4,9H2,1-2H3. The number of benzene rings is 1. The van der Waals surface area contributed by atoms with Crippen LogP contribution in [0, 0.1) is 0 Å².